The number of carbonyl (C=O) groups is 1. The van der Waals surface area contributed by atoms with Crippen molar-refractivity contribution in [3.8, 4) is 0 Å². The van der Waals surface area contributed by atoms with E-state index in [1.807, 2.05) is 48.2 Å². The SMILES string of the molecule is CN(C)c1ccc(C(=O)N2CCC(c3cccc(CN)c3)CC2)cc1. The zero-order valence-electron chi connectivity index (χ0n) is 15.1. The van der Waals surface area contributed by atoms with Gasteiger partial charge in [-0.2, -0.15) is 0 Å². The molecular formula is C21H27N3O. The summed E-state index contributed by atoms with van der Waals surface area (Å²) in [7, 11) is 4.00. The first kappa shape index (κ1) is 17.5. The molecular weight excluding hydrogens is 310 g/mol. The second-order valence-electron chi connectivity index (χ2n) is 6.96. The number of rotatable bonds is 4. The molecule has 0 radical (unpaired) electrons. The largest absolute Gasteiger partial charge is 0.378 e. The van der Waals surface area contributed by atoms with Gasteiger partial charge in [-0.25, -0.2) is 0 Å². The Morgan fingerprint density at radius 3 is 2.40 bits per heavy atom. The maximum atomic E-state index is 12.7. The van der Waals surface area contributed by atoms with Crippen LogP contribution in [0.5, 0.6) is 0 Å². The maximum absolute atomic E-state index is 12.7. The van der Waals surface area contributed by atoms with Crippen LogP contribution in [-0.2, 0) is 6.54 Å². The standard InChI is InChI=1S/C21H27N3O/c1-23(2)20-8-6-18(7-9-20)21(25)24-12-10-17(11-13-24)19-5-3-4-16(14-19)15-22/h3-9,14,17H,10-13,15,22H2,1-2H3. The molecule has 4 heteroatoms. The first-order valence-electron chi connectivity index (χ1n) is 8.94. The molecule has 0 aromatic heterocycles. The fraction of sp³-hybridized carbons (Fsp3) is 0.381. The van der Waals surface area contributed by atoms with Gasteiger partial charge in [-0.3, -0.25) is 4.79 Å². The number of nitrogens with zero attached hydrogens (tertiary/aromatic N) is 2. The molecule has 0 spiro atoms. The summed E-state index contributed by atoms with van der Waals surface area (Å²) in [5.74, 6) is 0.658. The fourth-order valence-corrected chi connectivity index (χ4v) is 3.47. The molecule has 25 heavy (non-hydrogen) atoms. The van der Waals surface area contributed by atoms with Gasteiger partial charge in [0.05, 0.1) is 0 Å². The first-order chi connectivity index (χ1) is 12.1. The van der Waals surface area contributed by atoms with Crippen LogP contribution in [0.4, 0.5) is 5.69 Å². The van der Waals surface area contributed by atoms with Crippen molar-refractivity contribution in [2.75, 3.05) is 32.1 Å². The van der Waals surface area contributed by atoms with Crippen LogP contribution in [0.3, 0.4) is 0 Å². The minimum Gasteiger partial charge on any atom is -0.378 e. The molecule has 132 valence electrons. The maximum Gasteiger partial charge on any atom is 0.253 e. The smallest absolute Gasteiger partial charge is 0.253 e. The summed E-state index contributed by atoms with van der Waals surface area (Å²) in [4.78, 5) is 16.7. The van der Waals surface area contributed by atoms with Gasteiger partial charge in [-0.1, -0.05) is 24.3 Å². The lowest BCUT2D eigenvalue weighted by molar-refractivity contribution is 0.0713. The first-order valence-corrected chi connectivity index (χ1v) is 8.94. The lowest BCUT2D eigenvalue weighted by Gasteiger charge is -2.32. The molecule has 0 aliphatic carbocycles. The lowest BCUT2D eigenvalue weighted by Crippen LogP contribution is -2.37. The fourth-order valence-electron chi connectivity index (χ4n) is 3.47. The Labute approximate surface area is 150 Å². The summed E-state index contributed by atoms with van der Waals surface area (Å²) in [6.45, 7) is 2.20. The van der Waals surface area contributed by atoms with Crippen LogP contribution in [-0.4, -0.2) is 38.0 Å². The number of amides is 1. The summed E-state index contributed by atoms with van der Waals surface area (Å²) >= 11 is 0. The van der Waals surface area contributed by atoms with E-state index in [9.17, 15) is 4.79 Å². The molecule has 3 rings (SSSR count). The molecule has 4 nitrogen and oxygen atoms in total. The summed E-state index contributed by atoms with van der Waals surface area (Å²) in [6.07, 6.45) is 2.02. The predicted molar refractivity (Wildman–Crippen MR) is 103 cm³/mol. The Kier molecular flexibility index (Phi) is 5.39. The van der Waals surface area contributed by atoms with Gasteiger partial charge in [0.15, 0.2) is 0 Å². The normalized spacial score (nSPS) is 15.2. The van der Waals surface area contributed by atoms with Crippen molar-refractivity contribution in [2.24, 2.45) is 5.73 Å². The Hall–Kier alpha value is -2.33. The number of benzene rings is 2. The van der Waals surface area contributed by atoms with Crippen LogP contribution in [0.1, 0.15) is 40.2 Å². The number of hydrogen-bond donors (Lipinski definition) is 1. The summed E-state index contributed by atoms with van der Waals surface area (Å²) in [6, 6.07) is 16.4. The third-order valence-electron chi connectivity index (χ3n) is 5.07. The van der Waals surface area contributed by atoms with E-state index in [0.717, 1.165) is 37.2 Å². The van der Waals surface area contributed by atoms with Crippen molar-refractivity contribution in [1.82, 2.24) is 4.90 Å². The molecule has 2 aromatic rings. The van der Waals surface area contributed by atoms with E-state index >= 15 is 0 Å². The minimum absolute atomic E-state index is 0.138. The minimum atomic E-state index is 0.138. The van der Waals surface area contributed by atoms with Gasteiger partial charge in [0, 0.05) is 45.0 Å². The number of hydrogen-bond acceptors (Lipinski definition) is 3. The number of nitrogens with two attached hydrogens (primary N) is 1. The van der Waals surface area contributed by atoms with Gasteiger partial charge in [0.25, 0.3) is 5.91 Å². The van der Waals surface area contributed by atoms with Gasteiger partial charge >= 0.3 is 0 Å². The van der Waals surface area contributed by atoms with Crippen LogP contribution in [0.2, 0.25) is 0 Å². The third-order valence-corrected chi connectivity index (χ3v) is 5.07. The average molecular weight is 337 g/mol. The van der Waals surface area contributed by atoms with E-state index in [4.69, 9.17) is 5.73 Å². The van der Waals surface area contributed by atoms with Crippen molar-refractivity contribution >= 4 is 11.6 Å². The zero-order chi connectivity index (χ0) is 17.8. The van der Waals surface area contributed by atoms with Gasteiger partial charge < -0.3 is 15.5 Å². The molecule has 1 saturated heterocycles. The molecule has 0 unspecified atom stereocenters. The number of anilines is 1. The van der Waals surface area contributed by atoms with Crippen LogP contribution in [0, 0.1) is 0 Å². The Morgan fingerprint density at radius 2 is 1.80 bits per heavy atom. The van der Waals surface area contributed by atoms with Crippen LogP contribution >= 0.6 is 0 Å². The van der Waals surface area contributed by atoms with E-state index in [1.165, 1.54) is 11.1 Å². The lowest BCUT2D eigenvalue weighted by atomic mass is 9.88. The molecule has 2 aromatic carbocycles. The van der Waals surface area contributed by atoms with Gasteiger partial charge in [-0.15, -0.1) is 0 Å². The van der Waals surface area contributed by atoms with Crippen molar-refractivity contribution in [1.29, 1.82) is 0 Å². The van der Waals surface area contributed by atoms with Crippen molar-refractivity contribution in [3.63, 3.8) is 0 Å². The molecule has 1 aliphatic heterocycles. The summed E-state index contributed by atoms with van der Waals surface area (Å²) < 4.78 is 0. The highest BCUT2D eigenvalue weighted by Gasteiger charge is 2.24. The highest BCUT2D eigenvalue weighted by molar-refractivity contribution is 5.94. The van der Waals surface area contributed by atoms with E-state index in [0.29, 0.717) is 12.5 Å². The van der Waals surface area contributed by atoms with E-state index in [-0.39, 0.29) is 5.91 Å². The third kappa shape index (κ3) is 4.02. The molecule has 1 amide bonds. The van der Waals surface area contributed by atoms with Crippen LogP contribution < -0.4 is 10.6 Å². The van der Waals surface area contributed by atoms with Crippen molar-refractivity contribution in [3.05, 3.63) is 65.2 Å². The van der Waals surface area contributed by atoms with Crippen molar-refractivity contribution in [2.45, 2.75) is 25.3 Å². The van der Waals surface area contributed by atoms with E-state index in [1.54, 1.807) is 0 Å². The molecule has 1 fully saturated rings. The molecule has 0 saturated carbocycles. The number of likely N-dealkylation sites (tertiary alicyclic amines) is 1. The van der Waals surface area contributed by atoms with E-state index < -0.39 is 0 Å². The Balaban J connectivity index is 1.62. The predicted octanol–water partition coefficient (Wildman–Crippen LogP) is 3.23. The summed E-state index contributed by atoms with van der Waals surface area (Å²) in [5.41, 5.74) is 10.2. The quantitative estimate of drug-likeness (QED) is 0.932. The molecule has 0 bridgehead atoms. The molecule has 1 heterocycles. The van der Waals surface area contributed by atoms with Gasteiger partial charge in [-0.05, 0) is 54.2 Å². The molecule has 0 atom stereocenters. The number of piperidine rings is 1. The average Bonchev–Trinajstić information content (AvgIpc) is 2.67. The van der Waals surface area contributed by atoms with E-state index in [2.05, 4.69) is 24.3 Å². The second-order valence-corrected chi connectivity index (χ2v) is 6.96. The second kappa shape index (κ2) is 7.70. The Morgan fingerprint density at radius 1 is 1.12 bits per heavy atom. The number of carbonyl (C=O) groups excluding carboxylic acids is 1. The highest BCUT2D eigenvalue weighted by Crippen LogP contribution is 2.29. The van der Waals surface area contributed by atoms with Gasteiger partial charge in [0.1, 0.15) is 0 Å². The monoisotopic (exact) mass is 337 g/mol. The topological polar surface area (TPSA) is 49.6 Å². The van der Waals surface area contributed by atoms with Crippen LogP contribution in [0.25, 0.3) is 0 Å². The van der Waals surface area contributed by atoms with Crippen molar-refractivity contribution < 1.29 is 4.79 Å². The summed E-state index contributed by atoms with van der Waals surface area (Å²) in [5, 5.41) is 0. The van der Waals surface area contributed by atoms with Crippen LogP contribution in [0.15, 0.2) is 48.5 Å². The van der Waals surface area contributed by atoms with Gasteiger partial charge in [0.2, 0.25) is 0 Å². The Bertz CT molecular complexity index is 716. The molecule has 1 aliphatic rings. The zero-order valence-corrected chi connectivity index (χ0v) is 15.1. The molecule has 2 N–H and O–H groups in total. The highest BCUT2D eigenvalue weighted by atomic mass is 16.2.